The number of carboxylic acid groups (broad SMARTS) is 1. The zero-order valence-corrected chi connectivity index (χ0v) is 14.6. The molecule has 25 heavy (non-hydrogen) atoms. The second kappa shape index (κ2) is 8.32. The van der Waals surface area contributed by atoms with Crippen LogP contribution in [0, 0.1) is 0 Å². The molecule has 0 aliphatic carbocycles. The Labute approximate surface area is 148 Å². The number of carbonyl (C=O) groups is 3. The van der Waals surface area contributed by atoms with Crippen molar-refractivity contribution >= 4 is 39.8 Å². The van der Waals surface area contributed by atoms with E-state index in [1.807, 2.05) is 4.72 Å². The van der Waals surface area contributed by atoms with Crippen molar-refractivity contribution in [3.8, 4) is 0 Å². The highest BCUT2D eigenvalue weighted by molar-refractivity contribution is 7.99. The van der Waals surface area contributed by atoms with Gasteiger partial charge in [0.15, 0.2) is 0 Å². The van der Waals surface area contributed by atoms with Crippen molar-refractivity contribution in [2.45, 2.75) is 6.54 Å². The van der Waals surface area contributed by atoms with Gasteiger partial charge in [0.05, 0.1) is 17.9 Å². The summed E-state index contributed by atoms with van der Waals surface area (Å²) in [6.07, 6.45) is 0. The fourth-order valence-electron chi connectivity index (χ4n) is 2.01. The van der Waals surface area contributed by atoms with Crippen molar-refractivity contribution in [1.82, 2.24) is 9.03 Å². The van der Waals surface area contributed by atoms with E-state index in [9.17, 15) is 22.8 Å². The Balaban J connectivity index is 1.84. The SMILES string of the molecule is O=C(O)CSCCOC(=O)c1ccc(CN2CC(=O)NS2(=O)=O)cc1. The van der Waals surface area contributed by atoms with E-state index in [-0.39, 0.29) is 25.4 Å². The molecular weight excluding hydrogens is 372 g/mol. The molecule has 1 heterocycles. The van der Waals surface area contributed by atoms with Gasteiger partial charge in [0, 0.05) is 12.3 Å². The van der Waals surface area contributed by atoms with Gasteiger partial charge in [-0.1, -0.05) is 12.1 Å². The number of rotatable bonds is 8. The number of ether oxygens (including phenoxy) is 1. The van der Waals surface area contributed by atoms with Gasteiger partial charge in [-0.05, 0) is 17.7 Å². The Kier molecular flexibility index (Phi) is 6.39. The van der Waals surface area contributed by atoms with Crippen molar-refractivity contribution in [2.75, 3.05) is 24.7 Å². The molecule has 0 unspecified atom stereocenters. The minimum absolute atomic E-state index is 0.0161. The molecule has 0 saturated carbocycles. The highest BCUT2D eigenvalue weighted by Gasteiger charge is 2.33. The van der Waals surface area contributed by atoms with Crippen LogP contribution in [0.1, 0.15) is 15.9 Å². The van der Waals surface area contributed by atoms with Gasteiger partial charge in [-0.25, -0.2) is 9.52 Å². The topological polar surface area (TPSA) is 130 Å². The average molecular weight is 388 g/mol. The second-order valence-electron chi connectivity index (χ2n) is 5.08. The fourth-order valence-corrected chi connectivity index (χ4v) is 3.62. The molecule has 0 radical (unpaired) electrons. The third-order valence-electron chi connectivity index (χ3n) is 3.14. The van der Waals surface area contributed by atoms with E-state index in [0.29, 0.717) is 16.9 Å². The summed E-state index contributed by atoms with van der Waals surface area (Å²) in [5.74, 6) is -1.73. The zero-order valence-electron chi connectivity index (χ0n) is 13.0. The summed E-state index contributed by atoms with van der Waals surface area (Å²) in [6.45, 7) is -0.124. The summed E-state index contributed by atoms with van der Waals surface area (Å²) in [4.78, 5) is 33.3. The van der Waals surface area contributed by atoms with Crippen molar-refractivity contribution < 1.29 is 32.6 Å². The Morgan fingerprint density at radius 3 is 2.52 bits per heavy atom. The maximum Gasteiger partial charge on any atom is 0.338 e. The summed E-state index contributed by atoms with van der Waals surface area (Å²) >= 11 is 1.15. The molecule has 1 aliphatic rings. The summed E-state index contributed by atoms with van der Waals surface area (Å²) in [5.41, 5.74) is 0.916. The first-order chi connectivity index (χ1) is 11.8. The van der Waals surface area contributed by atoms with Gasteiger partial charge in [0.2, 0.25) is 5.91 Å². The quantitative estimate of drug-likeness (QED) is 0.464. The van der Waals surface area contributed by atoms with Crippen molar-refractivity contribution in [3.63, 3.8) is 0 Å². The maximum absolute atomic E-state index is 11.8. The lowest BCUT2D eigenvalue weighted by Crippen LogP contribution is -2.29. The van der Waals surface area contributed by atoms with Crippen LogP contribution >= 0.6 is 11.8 Å². The number of aliphatic carboxylic acids is 1. The minimum Gasteiger partial charge on any atom is -0.481 e. The largest absolute Gasteiger partial charge is 0.481 e. The molecule has 9 nitrogen and oxygen atoms in total. The molecule has 0 aromatic heterocycles. The number of hydrogen-bond acceptors (Lipinski definition) is 7. The predicted octanol–water partition coefficient (Wildman–Crippen LogP) is -0.162. The van der Waals surface area contributed by atoms with Crippen molar-refractivity contribution in [2.24, 2.45) is 0 Å². The highest BCUT2D eigenvalue weighted by atomic mass is 32.2. The number of nitrogens with one attached hydrogen (secondary N) is 1. The Bertz CT molecular complexity index is 762. The number of hydrogen-bond donors (Lipinski definition) is 2. The van der Waals surface area contributed by atoms with E-state index < -0.39 is 28.1 Å². The van der Waals surface area contributed by atoms with Crippen LogP contribution in [0.15, 0.2) is 24.3 Å². The third-order valence-corrected chi connectivity index (χ3v) is 5.47. The molecular formula is C14H16N2O7S2. The van der Waals surface area contributed by atoms with E-state index in [2.05, 4.69) is 0 Å². The van der Waals surface area contributed by atoms with Gasteiger partial charge in [-0.3, -0.25) is 9.59 Å². The Morgan fingerprint density at radius 1 is 1.28 bits per heavy atom. The molecule has 2 N–H and O–H groups in total. The lowest BCUT2D eigenvalue weighted by Gasteiger charge is -2.12. The third kappa shape index (κ3) is 5.73. The average Bonchev–Trinajstić information content (AvgIpc) is 2.79. The lowest BCUT2D eigenvalue weighted by atomic mass is 10.1. The molecule has 11 heteroatoms. The molecule has 136 valence electrons. The molecule has 0 bridgehead atoms. The van der Waals surface area contributed by atoms with Crippen LogP contribution in [-0.4, -0.2) is 60.3 Å². The van der Waals surface area contributed by atoms with Gasteiger partial charge in [0.1, 0.15) is 6.61 Å². The number of esters is 1. The smallest absolute Gasteiger partial charge is 0.338 e. The van der Waals surface area contributed by atoms with Crippen LogP contribution in [0.3, 0.4) is 0 Å². The number of nitrogens with zero attached hydrogens (tertiary/aromatic N) is 1. The molecule has 1 amide bonds. The van der Waals surface area contributed by atoms with E-state index in [1.54, 1.807) is 12.1 Å². The van der Waals surface area contributed by atoms with E-state index >= 15 is 0 Å². The highest BCUT2D eigenvalue weighted by Crippen LogP contribution is 2.14. The number of carboxylic acids is 1. The molecule has 0 spiro atoms. The first kappa shape index (κ1) is 19.2. The first-order valence-corrected chi connectivity index (χ1v) is 9.74. The lowest BCUT2D eigenvalue weighted by molar-refractivity contribution is -0.133. The second-order valence-corrected chi connectivity index (χ2v) is 7.85. The van der Waals surface area contributed by atoms with Crippen LogP contribution < -0.4 is 4.72 Å². The van der Waals surface area contributed by atoms with Crippen LogP contribution in [0.4, 0.5) is 0 Å². The van der Waals surface area contributed by atoms with E-state index in [1.165, 1.54) is 12.1 Å². The standard InChI is InChI=1S/C14H16N2O7S2/c17-12-8-16(25(21,22)15-12)7-10-1-3-11(4-2-10)14(20)23-5-6-24-9-13(18)19/h1-4H,5-9H2,(H,15,17)(H,18,19). The van der Waals surface area contributed by atoms with Gasteiger partial charge in [-0.2, -0.15) is 12.7 Å². The van der Waals surface area contributed by atoms with Crippen LogP contribution in [-0.2, 0) is 31.1 Å². The van der Waals surface area contributed by atoms with Gasteiger partial charge < -0.3 is 9.84 Å². The molecule has 1 saturated heterocycles. The first-order valence-electron chi connectivity index (χ1n) is 7.14. The summed E-state index contributed by atoms with van der Waals surface area (Å²) in [6, 6.07) is 6.15. The number of amides is 1. The molecule has 1 aliphatic heterocycles. The number of benzene rings is 1. The molecule has 2 rings (SSSR count). The van der Waals surface area contributed by atoms with E-state index in [4.69, 9.17) is 9.84 Å². The Hall–Kier alpha value is -2.11. The summed E-state index contributed by atoms with van der Waals surface area (Å²) < 4.78 is 31.2. The predicted molar refractivity (Wildman–Crippen MR) is 89.2 cm³/mol. The van der Waals surface area contributed by atoms with Crippen molar-refractivity contribution in [1.29, 1.82) is 0 Å². The molecule has 0 atom stereocenters. The monoisotopic (exact) mass is 388 g/mol. The normalized spacial score (nSPS) is 16.4. The number of carbonyl (C=O) groups excluding carboxylic acids is 2. The van der Waals surface area contributed by atoms with Crippen molar-refractivity contribution in [3.05, 3.63) is 35.4 Å². The zero-order chi connectivity index (χ0) is 18.4. The molecule has 1 fully saturated rings. The molecule has 1 aromatic rings. The Morgan fingerprint density at radius 2 is 1.96 bits per heavy atom. The number of thioether (sulfide) groups is 1. The van der Waals surface area contributed by atoms with Crippen LogP contribution in [0.25, 0.3) is 0 Å². The molecule has 1 aromatic carbocycles. The van der Waals surface area contributed by atoms with Crippen LogP contribution in [0.2, 0.25) is 0 Å². The summed E-state index contributed by atoms with van der Waals surface area (Å²) in [7, 11) is -3.79. The maximum atomic E-state index is 11.8. The van der Waals surface area contributed by atoms with Crippen LogP contribution in [0.5, 0.6) is 0 Å². The van der Waals surface area contributed by atoms with Gasteiger partial charge in [0.25, 0.3) is 0 Å². The van der Waals surface area contributed by atoms with E-state index in [0.717, 1.165) is 16.1 Å². The fraction of sp³-hybridized carbons (Fsp3) is 0.357. The minimum atomic E-state index is -3.79. The van der Waals surface area contributed by atoms with Gasteiger partial charge in [-0.15, -0.1) is 11.8 Å². The van der Waals surface area contributed by atoms with Gasteiger partial charge >= 0.3 is 22.1 Å². The summed E-state index contributed by atoms with van der Waals surface area (Å²) in [5, 5.41) is 8.48.